The summed E-state index contributed by atoms with van der Waals surface area (Å²) in [5.74, 6) is 0. The molecule has 1 heterocycles. The SMILES string of the molecule is Cc1ccc(COc2cccs2)cc1. The van der Waals surface area contributed by atoms with E-state index in [4.69, 9.17) is 4.74 Å². The number of ether oxygens (including phenoxy) is 1. The fourth-order valence-corrected chi connectivity index (χ4v) is 1.76. The lowest BCUT2D eigenvalue weighted by Gasteiger charge is -2.03. The van der Waals surface area contributed by atoms with Gasteiger partial charge in [-0.05, 0) is 30.0 Å². The number of thiophene rings is 1. The molecule has 1 aromatic carbocycles. The summed E-state index contributed by atoms with van der Waals surface area (Å²) in [4.78, 5) is 0. The lowest BCUT2D eigenvalue weighted by Crippen LogP contribution is -1.93. The van der Waals surface area contributed by atoms with Crippen LogP contribution in [0.2, 0.25) is 0 Å². The van der Waals surface area contributed by atoms with E-state index in [0.717, 1.165) is 5.06 Å². The maximum absolute atomic E-state index is 5.59. The molecule has 2 heteroatoms. The molecule has 0 aliphatic heterocycles. The van der Waals surface area contributed by atoms with E-state index in [-0.39, 0.29) is 0 Å². The van der Waals surface area contributed by atoms with Crippen LogP contribution < -0.4 is 4.74 Å². The molecule has 0 radical (unpaired) electrons. The van der Waals surface area contributed by atoms with Gasteiger partial charge in [-0.2, -0.15) is 0 Å². The van der Waals surface area contributed by atoms with Crippen molar-refractivity contribution < 1.29 is 4.74 Å². The normalized spacial score (nSPS) is 10.1. The van der Waals surface area contributed by atoms with E-state index in [9.17, 15) is 0 Å². The highest BCUT2D eigenvalue weighted by molar-refractivity contribution is 7.11. The number of benzene rings is 1. The summed E-state index contributed by atoms with van der Waals surface area (Å²) in [7, 11) is 0. The van der Waals surface area contributed by atoms with Crippen molar-refractivity contribution in [2.24, 2.45) is 0 Å². The molecule has 0 saturated heterocycles. The monoisotopic (exact) mass is 204 g/mol. The van der Waals surface area contributed by atoms with Crippen molar-refractivity contribution in [3.8, 4) is 5.06 Å². The molecule has 0 atom stereocenters. The molecule has 0 aliphatic rings. The zero-order valence-corrected chi connectivity index (χ0v) is 8.88. The van der Waals surface area contributed by atoms with Crippen molar-refractivity contribution in [2.45, 2.75) is 13.5 Å². The first-order chi connectivity index (χ1) is 6.84. The van der Waals surface area contributed by atoms with E-state index >= 15 is 0 Å². The van der Waals surface area contributed by atoms with Crippen molar-refractivity contribution in [1.29, 1.82) is 0 Å². The Labute approximate surface area is 88.0 Å². The lowest BCUT2D eigenvalue weighted by atomic mass is 10.2. The molecular weight excluding hydrogens is 192 g/mol. The highest BCUT2D eigenvalue weighted by atomic mass is 32.1. The van der Waals surface area contributed by atoms with Crippen LogP contribution in [-0.4, -0.2) is 0 Å². The standard InChI is InChI=1S/C12H12OS/c1-10-4-6-11(7-5-10)9-13-12-3-2-8-14-12/h2-8H,9H2,1H3. The Hall–Kier alpha value is -1.28. The first-order valence-electron chi connectivity index (χ1n) is 4.56. The highest BCUT2D eigenvalue weighted by Crippen LogP contribution is 2.19. The Morgan fingerprint density at radius 2 is 1.93 bits per heavy atom. The van der Waals surface area contributed by atoms with Crippen molar-refractivity contribution in [1.82, 2.24) is 0 Å². The zero-order valence-electron chi connectivity index (χ0n) is 8.07. The van der Waals surface area contributed by atoms with E-state index < -0.39 is 0 Å². The van der Waals surface area contributed by atoms with E-state index in [1.807, 2.05) is 17.5 Å². The lowest BCUT2D eigenvalue weighted by molar-refractivity contribution is 0.315. The molecule has 0 bridgehead atoms. The van der Waals surface area contributed by atoms with Gasteiger partial charge in [-0.15, -0.1) is 11.3 Å². The summed E-state index contributed by atoms with van der Waals surface area (Å²) in [6.45, 7) is 2.74. The Morgan fingerprint density at radius 3 is 2.57 bits per heavy atom. The van der Waals surface area contributed by atoms with Gasteiger partial charge in [-0.3, -0.25) is 0 Å². The third kappa shape index (κ3) is 2.36. The number of hydrogen-bond acceptors (Lipinski definition) is 2. The molecule has 1 aromatic heterocycles. The van der Waals surface area contributed by atoms with E-state index in [1.54, 1.807) is 11.3 Å². The summed E-state index contributed by atoms with van der Waals surface area (Å²) in [6, 6.07) is 12.4. The predicted molar refractivity (Wildman–Crippen MR) is 59.8 cm³/mol. The predicted octanol–water partition coefficient (Wildman–Crippen LogP) is 3.64. The van der Waals surface area contributed by atoms with Crippen LogP contribution in [0.5, 0.6) is 5.06 Å². The van der Waals surface area contributed by atoms with Gasteiger partial charge < -0.3 is 4.74 Å². The summed E-state index contributed by atoms with van der Waals surface area (Å²) in [5.41, 5.74) is 2.49. The molecule has 0 amide bonds. The Morgan fingerprint density at radius 1 is 1.14 bits per heavy atom. The summed E-state index contributed by atoms with van der Waals surface area (Å²) < 4.78 is 5.59. The molecule has 2 rings (SSSR count). The zero-order chi connectivity index (χ0) is 9.80. The molecule has 0 unspecified atom stereocenters. The van der Waals surface area contributed by atoms with Gasteiger partial charge in [0.25, 0.3) is 0 Å². The Bertz CT molecular complexity index is 375. The average Bonchev–Trinajstić information content (AvgIpc) is 2.70. The second-order valence-corrected chi connectivity index (χ2v) is 4.12. The number of aryl methyl sites for hydroxylation is 1. The van der Waals surface area contributed by atoms with Crippen LogP contribution in [0.15, 0.2) is 41.8 Å². The third-order valence-corrected chi connectivity index (χ3v) is 2.78. The second kappa shape index (κ2) is 4.29. The Balaban J connectivity index is 1.95. The van der Waals surface area contributed by atoms with E-state index in [2.05, 4.69) is 31.2 Å². The van der Waals surface area contributed by atoms with Gasteiger partial charge in [-0.25, -0.2) is 0 Å². The first kappa shape index (κ1) is 9.28. The number of hydrogen-bond donors (Lipinski definition) is 0. The fourth-order valence-electron chi connectivity index (χ4n) is 1.18. The smallest absolute Gasteiger partial charge is 0.174 e. The highest BCUT2D eigenvalue weighted by Gasteiger charge is 1.95. The van der Waals surface area contributed by atoms with Gasteiger partial charge in [0.15, 0.2) is 5.06 Å². The van der Waals surface area contributed by atoms with Crippen LogP contribution in [0.1, 0.15) is 11.1 Å². The molecule has 72 valence electrons. The number of rotatable bonds is 3. The van der Waals surface area contributed by atoms with E-state index in [0.29, 0.717) is 6.61 Å². The molecule has 0 aliphatic carbocycles. The van der Waals surface area contributed by atoms with Crippen molar-refractivity contribution in [3.63, 3.8) is 0 Å². The van der Waals surface area contributed by atoms with Crippen LogP contribution in [0.25, 0.3) is 0 Å². The van der Waals surface area contributed by atoms with Crippen LogP contribution >= 0.6 is 11.3 Å². The molecular formula is C12H12OS. The molecule has 0 spiro atoms. The molecule has 0 fully saturated rings. The summed E-state index contributed by atoms with van der Waals surface area (Å²) in [6.07, 6.45) is 0. The first-order valence-corrected chi connectivity index (χ1v) is 5.44. The van der Waals surface area contributed by atoms with Crippen LogP contribution in [0.3, 0.4) is 0 Å². The average molecular weight is 204 g/mol. The Kier molecular flexibility index (Phi) is 2.84. The minimum Gasteiger partial charge on any atom is -0.479 e. The molecule has 2 aromatic rings. The van der Waals surface area contributed by atoms with Gasteiger partial charge in [0.1, 0.15) is 6.61 Å². The van der Waals surface area contributed by atoms with E-state index in [1.165, 1.54) is 11.1 Å². The summed E-state index contributed by atoms with van der Waals surface area (Å²) >= 11 is 1.62. The fraction of sp³-hybridized carbons (Fsp3) is 0.167. The molecule has 0 N–H and O–H groups in total. The van der Waals surface area contributed by atoms with Crippen molar-refractivity contribution >= 4 is 11.3 Å². The second-order valence-electron chi connectivity index (χ2n) is 3.21. The molecule has 14 heavy (non-hydrogen) atoms. The van der Waals surface area contributed by atoms with Crippen LogP contribution in [-0.2, 0) is 6.61 Å². The third-order valence-electron chi connectivity index (χ3n) is 2.00. The minimum absolute atomic E-state index is 0.654. The maximum atomic E-state index is 5.59. The quantitative estimate of drug-likeness (QED) is 0.741. The van der Waals surface area contributed by atoms with Gasteiger partial charge in [0.2, 0.25) is 0 Å². The van der Waals surface area contributed by atoms with Gasteiger partial charge >= 0.3 is 0 Å². The van der Waals surface area contributed by atoms with Crippen LogP contribution in [0, 0.1) is 6.92 Å². The van der Waals surface area contributed by atoms with Crippen molar-refractivity contribution in [3.05, 3.63) is 52.9 Å². The van der Waals surface area contributed by atoms with Crippen molar-refractivity contribution in [2.75, 3.05) is 0 Å². The van der Waals surface area contributed by atoms with Gasteiger partial charge in [0.05, 0.1) is 0 Å². The molecule has 1 nitrogen and oxygen atoms in total. The van der Waals surface area contributed by atoms with Gasteiger partial charge in [0, 0.05) is 0 Å². The molecule has 0 saturated carbocycles. The minimum atomic E-state index is 0.654. The van der Waals surface area contributed by atoms with Gasteiger partial charge in [-0.1, -0.05) is 29.8 Å². The largest absolute Gasteiger partial charge is 0.479 e. The van der Waals surface area contributed by atoms with Crippen LogP contribution in [0.4, 0.5) is 0 Å². The summed E-state index contributed by atoms with van der Waals surface area (Å²) in [5, 5.41) is 3.00. The topological polar surface area (TPSA) is 9.23 Å². The maximum Gasteiger partial charge on any atom is 0.174 e.